The molecule has 29 heavy (non-hydrogen) atoms. The van der Waals surface area contributed by atoms with Crippen LogP contribution in [0, 0.1) is 0 Å². The van der Waals surface area contributed by atoms with Crippen molar-refractivity contribution in [3.05, 3.63) is 69.6 Å². The van der Waals surface area contributed by atoms with E-state index >= 15 is 0 Å². The third-order valence-electron chi connectivity index (χ3n) is 4.86. The van der Waals surface area contributed by atoms with Crippen LogP contribution in [-0.2, 0) is 6.42 Å². The lowest BCUT2D eigenvalue weighted by Gasteiger charge is -2.28. The van der Waals surface area contributed by atoms with Gasteiger partial charge in [-0.2, -0.15) is 0 Å². The summed E-state index contributed by atoms with van der Waals surface area (Å²) in [5, 5.41) is 60.4. The van der Waals surface area contributed by atoms with E-state index in [-0.39, 0.29) is 0 Å². The molecular formula is C21H23ClO6S. The van der Waals surface area contributed by atoms with E-state index in [0.717, 1.165) is 20.5 Å². The summed E-state index contributed by atoms with van der Waals surface area (Å²) in [6.07, 6.45) is -8.07. The molecule has 0 aliphatic rings. The number of aliphatic hydroxyl groups is 6. The Kier molecular flexibility index (Phi) is 7.26. The van der Waals surface area contributed by atoms with Gasteiger partial charge in [-0.15, -0.1) is 11.3 Å². The van der Waals surface area contributed by atoms with Crippen molar-refractivity contribution in [2.24, 2.45) is 0 Å². The van der Waals surface area contributed by atoms with Crippen molar-refractivity contribution in [3.63, 3.8) is 0 Å². The predicted octanol–water partition coefficient (Wildman–Crippen LogP) is 1.61. The molecule has 6 N–H and O–H groups in total. The van der Waals surface area contributed by atoms with Gasteiger partial charge in [0.2, 0.25) is 0 Å². The number of thiophene rings is 1. The zero-order valence-corrected chi connectivity index (χ0v) is 17.0. The van der Waals surface area contributed by atoms with E-state index in [2.05, 4.69) is 6.07 Å². The molecule has 0 saturated carbocycles. The normalized spacial score (nSPS) is 17.1. The molecule has 1 heterocycles. The van der Waals surface area contributed by atoms with E-state index in [9.17, 15) is 25.5 Å². The van der Waals surface area contributed by atoms with Gasteiger partial charge in [0.25, 0.3) is 0 Å². The number of benzene rings is 2. The second-order valence-electron chi connectivity index (χ2n) is 6.94. The summed E-state index contributed by atoms with van der Waals surface area (Å²) in [5.74, 6) is 0. The van der Waals surface area contributed by atoms with Gasteiger partial charge in [-0.25, -0.2) is 0 Å². The molecule has 3 aromatic rings. The van der Waals surface area contributed by atoms with E-state index in [1.807, 2.05) is 24.3 Å². The highest BCUT2D eigenvalue weighted by atomic mass is 35.5. The fraction of sp³-hybridized carbons (Fsp3) is 0.333. The number of halogens is 1. The number of hydrogen-bond acceptors (Lipinski definition) is 7. The van der Waals surface area contributed by atoms with Crippen molar-refractivity contribution in [3.8, 4) is 0 Å². The van der Waals surface area contributed by atoms with Crippen LogP contribution in [0.25, 0.3) is 10.1 Å². The van der Waals surface area contributed by atoms with Crippen molar-refractivity contribution < 1.29 is 30.6 Å². The molecule has 1 unspecified atom stereocenters. The maximum absolute atomic E-state index is 10.5. The first-order valence-corrected chi connectivity index (χ1v) is 10.3. The van der Waals surface area contributed by atoms with E-state index in [0.29, 0.717) is 17.0 Å². The van der Waals surface area contributed by atoms with Crippen LogP contribution in [0.2, 0.25) is 5.02 Å². The highest BCUT2D eigenvalue weighted by Gasteiger charge is 2.34. The lowest BCUT2D eigenvalue weighted by Crippen LogP contribution is -2.47. The van der Waals surface area contributed by atoms with Gasteiger partial charge < -0.3 is 30.6 Å². The van der Waals surface area contributed by atoms with Gasteiger partial charge in [-0.05, 0) is 34.7 Å². The Balaban J connectivity index is 1.80. The maximum atomic E-state index is 10.5. The Labute approximate surface area is 176 Å². The monoisotopic (exact) mass is 438 g/mol. The molecule has 3 rings (SSSR count). The van der Waals surface area contributed by atoms with Gasteiger partial charge in [0.1, 0.15) is 30.5 Å². The molecule has 0 radical (unpaired) electrons. The standard InChI is InChI=1S/C21H23ClO6S/c22-15-6-5-12(18(25)20(27)21(28)19(26)16(24)10-23)7-13(15)9-14-8-11-3-1-2-4-17(11)29-14/h1-8,16,18-21,23-28H,9-10H2/t16-,18?,19-,20+,21+/m1/s1. The van der Waals surface area contributed by atoms with E-state index in [4.69, 9.17) is 16.7 Å². The molecule has 0 aliphatic heterocycles. The average molecular weight is 439 g/mol. The van der Waals surface area contributed by atoms with Gasteiger partial charge in [0.05, 0.1) is 6.61 Å². The van der Waals surface area contributed by atoms with Crippen LogP contribution in [0.15, 0.2) is 48.5 Å². The van der Waals surface area contributed by atoms with Crippen LogP contribution in [0.3, 0.4) is 0 Å². The SMILES string of the molecule is OC[C@@H](O)[C@@H](O)[C@H](O)[C@@H](O)C(O)c1ccc(Cl)c(Cc2cc3ccccc3s2)c1. The smallest absolute Gasteiger partial charge is 0.113 e. The Hall–Kier alpha value is -1.55. The number of fused-ring (bicyclic) bond motifs is 1. The minimum atomic E-state index is -1.85. The first-order valence-electron chi connectivity index (χ1n) is 9.08. The lowest BCUT2D eigenvalue weighted by molar-refractivity contribution is -0.141. The van der Waals surface area contributed by atoms with E-state index in [1.54, 1.807) is 23.5 Å². The highest BCUT2D eigenvalue weighted by molar-refractivity contribution is 7.19. The van der Waals surface area contributed by atoms with Gasteiger partial charge in [-0.1, -0.05) is 41.9 Å². The summed E-state index contributed by atoms with van der Waals surface area (Å²) < 4.78 is 1.16. The van der Waals surface area contributed by atoms with Gasteiger partial charge in [0, 0.05) is 21.0 Å². The minimum absolute atomic E-state index is 0.308. The first-order chi connectivity index (χ1) is 13.8. The average Bonchev–Trinajstić information content (AvgIpc) is 3.14. The highest BCUT2D eigenvalue weighted by Crippen LogP contribution is 2.31. The minimum Gasteiger partial charge on any atom is -0.394 e. The largest absolute Gasteiger partial charge is 0.394 e. The molecule has 2 aromatic carbocycles. The molecule has 0 bridgehead atoms. The molecule has 0 fully saturated rings. The Morgan fingerprint density at radius 2 is 1.59 bits per heavy atom. The Morgan fingerprint density at radius 1 is 0.862 bits per heavy atom. The van der Waals surface area contributed by atoms with Crippen LogP contribution in [0.1, 0.15) is 22.1 Å². The zero-order valence-electron chi connectivity index (χ0n) is 15.4. The third-order valence-corrected chi connectivity index (χ3v) is 6.34. The third kappa shape index (κ3) is 4.96. The summed E-state index contributed by atoms with van der Waals surface area (Å²) >= 11 is 7.95. The van der Waals surface area contributed by atoms with Crippen LogP contribution in [0.5, 0.6) is 0 Å². The summed E-state index contributed by atoms with van der Waals surface area (Å²) in [4.78, 5) is 1.09. The molecule has 8 heteroatoms. The fourth-order valence-electron chi connectivity index (χ4n) is 3.15. The van der Waals surface area contributed by atoms with Gasteiger partial charge in [0.15, 0.2) is 0 Å². The van der Waals surface area contributed by atoms with Crippen molar-refractivity contribution in [2.45, 2.75) is 36.9 Å². The van der Waals surface area contributed by atoms with Gasteiger partial charge >= 0.3 is 0 Å². The van der Waals surface area contributed by atoms with Crippen LogP contribution < -0.4 is 0 Å². The molecule has 1 aromatic heterocycles. The molecule has 0 aliphatic carbocycles. The summed E-state index contributed by atoms with van der Waals surface area (Å²) in [6.45, 7) is -0.790. The Morgan fingerprint density at radius 3 is 2.28 bits per heavy atom. The quantitative estimate of drug-likeness (QED) is 0.318. The molecule has 5 atom stereocenters. The number of rotatable bonds is 8. The summed E-state index contributed by atoms with van der Waals surface area (Å²) in [7, 11) is 0. The topological polar surface area (TPSA) is 121 Å². The van der Waals surface area contributed by atoms with E-state index < -0.39 is 37.1 Å². The maximum Gasteiger partial charge on any atom is 0.113 e. The Bertz CT molecular complexity index is 928. The molecular weight excluding hydrogens is 416 g/mol. The molecule has 0 saturated heterocycles. The van der Waals surface area contributed by atoms with Crippen molar-refractivity contribution in [1.82, 2.24) is 0 Å². The number of hydrogen-bond donors (Lipinski definition) is 6. The lowest BCUT2D eigenvalue weighted by atomic mass is 9.94. The van der Waals surface area contributed by atoms with Gasteiger partial charge in [-0.3, -0.25) is 0 Å². The molecule has 0 spiro atoms. The summed E-state index contributed by atoms with van der Waals surface area (Å²) in [5.41, 5.74) is 1.05. The van der Waals surface area contributed by atoms with Crippen LogP contribution in [0.4, 0.5) is 0 Å². The van der Waals surface area contributed by atoms with Crippen molar-refractivity contribution in [1.29, 1.82) is 0 Å². The van der Waals surface area contributed by atoms with Crippen LogP contribution >= 0.6 is 22.9 Å². The molecule has 0 amide bonds. The second kappa shape index (κ2) is 9.51. The van der Waals surface area contributed by atoms with E-state index in [1.165, 1.54) is 6.07 Å². The van der Waals surface area contributed by atoms with Crippen molar-refractivity contribution in [2.75, 3.05) is 6.61 Å². The zero-order chi connectivity index (χ0) is 21.1. The second-order valence-corrected chi connectivity index (χ2v) is 8.52. The molecule has 6 nitrogen and oxygen atoms in total. The first kappa shape index (κ1) is 22.1. The van der Waals surface area contributed by atoms with Crippen LogP contribution in [-0.4, -0.2) is 61.7 Å². The molecule has 156 valence electrons. The van der Waals surface area contributed by atoms with Crippen molar-refractivity contribution >= 4 is 33.0 Å². The number of aliphatic hydroxyl groups excluding tert-OH is 6. The predicted molar refractivity (Wildman–Crippen MR) is 112 cm³/mol. The fourth-order valence-corrected chi connectivity index (χ4v) is 4.42. The summed E-state index contributed by atoms with van der Waals surface area (Å²) in [6, 6.07) is 14.8.